The number of ketones is 1. The largest absolute Gasteiger partial charge is 0.355 e. The normalized spacial score (nSPS) is 16.6. The molecule has 1 saturated carbocycles. The third kappa shape index (κ3) is 6.31. The van der Waals surface area contributed by atoms with Crippen molar-refractivity contribution in [3.8, 4) is 0 Å². The van der Waals surface area contributed by atoms with E-state index in [1.54, 1.807) is 24.5 Å². The van der Waals surface area contributed by atoms with Gasteiger partial charge in [-0.1, -0.05) is 19.1 Å². The smallest absolute Gasteiger partial charge is 0.251 e. The summed E-state index contributed by atoms with van der Waals surface area (Å²) in [7, 11) is 3.91. The molecule has 1 fully saturated rings. The Bertz CT molecular complexity index is 1030. The topological polar surface area (TPSA) is 62.3 Å². The number of likely N-dealkylation sites (N-methyl/N-ethyl adjacent to an activating group) is 1. The number of pyridine rings is 1. The molecular formula is C28H37F2N3O2. The van der Waals surface area contributed by atoms with Crippen molar-refractivity contribution >= 4 is 11.7 Å². The summed E-state index contributed by atoms with van der Waals surface area (Å²) >= 11 is 0. The summed E-state index contributed by atoms with van der Waals surface area (Å²) in [6.07, 6.45) is 5.18. The van der Waals surface area contributed by atoms with E-state index >= 15 is 0 Å². The van der Waals surface area contributed by atoms with Crippen molar-refractivity contribution in [1.29, 1.82) is 0 Å². The maximum absolute atomic E-state index is 14.6. The number of alkyl halides is 2. The zero-order valence-corrected chi connectivity index (χ0v) is 21.4. The summed E-state index contributed by atoms with van der Waals surface area (Å²) in [4.78, 5) is 31.1. The van der Waals surface area contributed by atoms with E-state index in [-0.39, 0.29) is 24.2 Å². The number of nitrogens with zero attached hydrogens (tertiary/aromatic N) is 2. The molecule has 7 heteroatoms. The van der Waals surface area contributed by atoms with Crippen molar-refractivity contribution in [3.63, 3.8) is 0 Å². The molecule has 0 saturated heterocycles. The summed E-state index contributed by atoms with van der Waals surface area (Å²) in [6.45, 7) is 5.21. The fourth-order valence-electron chi connectivity index (χ4n) is 4.94. The third-order valence-corrected chi connectivity index (χ3v) is 7.53. The van der Waals surface area contributed by atoms with Crippen LogP contribution in [0.15, 0.2) is 42.7 Å². The lowest BCUT2D eigenvalue weighted by Gasteiger charge is -2.32. The molecule has 3 rings (SSSR count). The molecule has 1 aromatic carbocycles. The van der Waals surface area contributed by atoms with E-state index in [1.165, 1.54) is 0 Å². The Labute approximate surface area is 207 Å². The lowest BCUT2D eigenvalue weighted by atomic mass is 9.77. The molecule has 2 atom stereocenters. The van der Waals surface area contributed by atoms with Crippen LogP contribution in [0, 0.1) is 12.3 Å². The van der Waals surface area contributed by atoms with Gasteiger partial charge in [-0.2, -0.15) is 0 Å². The highest BCUT2D eigenvalue weighted by Crippen LogP contribution is 2.65. The molecule has 35 heavy (non-hydrogen) atoms. The van der Waals surface area contributed by atoms with Gasteiger partial charge in [0.25, 0.3) is 5.92 Å². The minimum Gasteiger partial charge on any atom is -0.355 e. The third-order valence-electron chi connectivity index (χ3n) is 7.53. The highest BCUT2D eigenvalue weighted by molar-refractivity contribution is 5.96. The van der Waals surface area contributed by atoms with E-state index in [0.29, 0.717) is 37.8 Å². The second-order valence-electron chi connectivity index (χ2n) is 10.1. The fourth-order valence-corrected chi connectivity index (χ4v) is 4.94. The van der Waals surface area contributed by atoms with E-state index in [1.807, 2.05) is 51.0 Å². The van der Waals surface area contributed by atoms with Gasteiger partial charge in [-0.25, -0.2) is 8.78 Å². The quantitative estimate of drug-likeness (QED) is 0.421. The Morgan fingerprint density at radius 2 is 1.83 bits per heavy atom. The maximum Gasteiger partial charge on any atom is 0.251 e. The van der Waals surface area contributed by atoms with Crippen LogP contribution in [0.1, 0.15) is 72.5 Å². The first-order chi connectivity index (χ1) is 16.5. The van der Waals surface area contributed by atoms with Crippen molar-refractivity contribution in [2.75, 3.05) is 20.6 Å². The van der Waals surface area contributed by atoms with Crippen molar-refractivity contribution in [3.05, 3.63) is 65.0 Å². The zero-order valence-electron chi connectivity index (χ0n) is 21.4. The molecule has 1 N–H and O–H groups in total. The number of aromatic nitrogens is 1. The van der Waals surface area contributed by atoms with Gasteiger partial charge in [0.05, 0.1) is 0 Å². The van der Waals surface area contributed by atoms with Crippen molar-refractivity contribution in [1.82, 2.24) is 15.2 Å². The lowest BCUT2D eigenvalue weighted by molar-refractivity contribution is -0.123. The molecule has 5 nitrogen and oxygen atoms in total. The Hall–Kier alpha value is -2.67. The molecule has 1 aliphatic carbocycles. The molecule has 0 spiro atoms. The van der Waals surface area contributed by atoms with Gasteiger partial charge in [0.1, 0.15) is 0 Å². The average molecular weight is 486 g/mol. The fraction of sp³-hybridized carbons (Fsp3) is 0.536. The maximum atomic E-state index is 14.6. The number of hydrogen-bond donors (Lipinski definition) is 1. The number of Topliss-reactive ketones (excluding diaryl/α,β-unsaturated/α-hetero) is 1. The molecule has 0 unspecified atom stereocenters. The Morgan fingerprint density at radius 1 is 1.17 bits per heavy atom. The minimum absolute atomic E-state index is 0.0143. The van der Waals surface area contributed by atoms with E-state index < -0.39 is 17.3 Å². The van der Waals surface area contributed by atoms with Gasteiger partial charge in [0.15, 0.2) is 5.78 Å². The molecule has 1 heterocycles. The van der Waals surface area contributed by atoms with Gasteiger partial charge in [-0.15, -0.1) is 0 Å². The Kier molecular flexibility index (Phi) is 8.42. The SMILES string of the molecule is CCC(=O)c1ccc(C[C@@H](CNC(=O)C[C@@H](c2ccncc2)C2(C(C)(F)F)CC2)N(C)C)c(C)c1. The van der Waals surface area contributed by atoms with Gasteiger partial charge in [0.2, 0.25) is 5.91 Å². The lowest BCUT2D eigenvalue weighted by Crippen LogP contribution is -2.43. The number of hydrogen-bond acceptors (Lipinski definition) is 4. The predicted octanol–water partition coefficient (Wildman–Crippen LogP) is 5.18. The van der Waals surface area contributed by atoms with Crippen LogP contribution >= 0.6 is 0 Å². The minimum atomic E-state index is -2.86. The summed E-state index contributed by atoms with van der Waals surface area (Å²) in [6, 6.07) is 9.26. The highest BCUT2D eigenvalue weighted by atomic mass is 19.3. The first kappa shape index (κ1) is 26.9. The first-order valence-corrected chi connectivity index (χ1v) is 12.3. The van der Waals surface area contributed by atoms with Crippen LogP contribution < -0.4 is 5.32 Å². The van der Waals surface area contributed by atoms with Crippen molar-refractivity contribution in [2.45, 2.75) is 70.8 Å². The average Bonchev–Trinajstić information content (AvgIpc) is 3.63. The second-order valence-corrected chi connectivity index (χ2v) is 10.1. The number of aryl methyl sites for hydroxylation is 1. The first-order valence-electron chi connectivity index (χ1n) is 12.3. The molecule has 1 amide bonds. The summed E-state index contributed by atoms with van der Waals surface area (Å²) in [5.41, 5.74) is 2.42. The molecule has 0 radical (unpaired) electrons. The monoisotopic (exact) mass is 485 g/mol. The van der Waals surface area contributed by atoms with E-state index in [9.17, 15) is 18.4 Å². The second kappa shape index (κ2) is 10.9. The van der Waals surface area contributed by atoms with E-state index in [2.05, 4.69) is 10.3 Å². The van der Waals surface area contributed by atoms with Gasteiger partial charge < -0.3 is 10.2 Å². The molecule has 1 aliphatic rings. The van der Waals surface area contributed by atoms with Gasteiger partial charge in [0, 0.05) is 54.7 Å². The van der Waals surface area contributed by atoms with Crippen LogP contribution in [0.3, 0.4) is 0 Å². The van der Waals surface area contributed by atoms with Crippen LogP contribution in [-0.2, 0) is 11.2 Å². The zero-order chi connectivity index (χ0) is 25.8. The molecule has 0 bridgehead atoms. The molecular weight excluding hydrogens is 448 g/mol. The number of amides is 1. The number of rotatable bonds is 12. The Balaban J connectivity index is 1.68. The Morgan fingerprint density at radius 3 is 2.34 bits per heavy atom. The molecule has 190 valence electrons. The van der Waals surface area contributed by atoms with E-state index in [4.69, 9.17) is 0 Å². The van der Waals surface area contributed by atoms with Crippen LogP contribution in [0.2, 0.25) is 0 Å². The van der Waals surface area contributed by atoms with Crippen LogP contribution in [0.25, 0.3) is 0 Å². The molecule has 0 aliphatic heterocycles. The summed E-state index contributed by atoms with van der Waals surface area (Å²) in [5, 5.41) is 3.00. The van der Waals surface area contributed by atoms with Gasteiger partial charge in [-0.05, 0) is 82.1 Å². The van der Waals surface area contributed by atoms with Crippen molar-refractivity contribution in [2.24, 2.45) is 5.41 Å². The van der Waals surface area contributed by atoms with Crippen LogP contribution in [0.5, 0.6) is 0 Å². The van der Waals surface area contributed by atoms with E-state index in [0.717, 1.165) is 23.6 Å². The summed E-state index contributed by atoms with van der Waals surface area (Å²) < 4.78 is 29.1. The predicted molar refractivity (Wildman–Crippen MR) is 134 cm³/mol. The molecule has 2 aromatic rings. The van der Waals surface area contributed by atoms with Gasteiger partial charge in [-0.3, -0.25) is 14.6 Å². The number of benzene rings is 1. The van der Waals surface area contributed by atoms with Crippen LogP contribution in [0.4, 0.5) is 8.78 Å². The number of halogens is 2. The van der Waals surface area contributed by atoms with Gasteiger partial charge >= 0.3 is 0 Å². The number of carbonyl (C=O) groups excluding carboxylic acids is 2. The van der Waals surface area contributed by atoms with Crippen LogP contribution in [-0.4, -0.2) is 54.2 Å². The highest BCUT2D eigenvalue weighted by Gasteiger charge is 2.63. The summed E-state index contributed by atoms with van der Waals surface area (Å²) in [5.74, 6) is -3.54. The van der Waals surface area contributed by atoms with Crippen molar-refractivity contribution < 1.29 is 18.4 Å². The molecule has 1 aromatic heterocycles. The number of nitrogens with one attached hydrogen (secondary N) is 1. The standard InChI is InChI=1S/C28H37F2N3O2/c1-6-25(34)22-8-7-21(19(2)15-22)16-23(33(4)5)18-32-26(35)17-24(20-9-13-31-14-10-20)28(11-12-28)27(3,29)30/h7-10,13-15,23-24H,6,11-12,16-18H2,1-5H3,(H,32,35)/t23-,24-/m0/s1. The number of carbonyl (C=O) groups is 2.